The molecule has 1 rings (SSSR count). The van der Waals surface area contributed by atoms with E-state index in [1.165, 1.54) is 0 Å². The Morgan fingerprint density at radius 3 is 2.25 bits per heavy atom. The molecule has 2 nitrogen and oxygen atoms in total. The summed E-state index contributed by atoms with van der Waals surface area (Å²) in [5.74, 6) is 2.03. The second-order valence-corrected chi connectivity index (χ2v) is 2.09. The number of hydrogen-bond acceptors (Lipinski definition) is 1. The molecular weight excluding hydrogens is 102 g/mol. The number of carbonyl (C=O) groups excluding carboxylic acids is 1. The van der Waals surface area contributed by atoms with Gasteiger partial charge in [0.05, 0.1) is 0 Å². The van der Waals surface area contributed by atoms with Crippen LogP contribution in [0.25, 0.3) is 0 Å². The number of primary amides is 1. The van der Waals surface area contributed by atoms with E-state index in [4.69, 9.17) is 12.2 Å². The van der Waals surface area contributed by atoms with Gasteiger partial charge in [-0.15, -0.1) is 6.42 Å². The predicted octanol–water partition coefficient (Wildman–Crippen LogP) is -0.115. The van der Waals surface area contributed by atoms with Crippen LogP contribution >= 0.6 is 0 Å². The van der Waals surface area contributed by atoms with Crippen LogP contribution in [0.5, 0.6) is 0 Å². The van der Waals surface area contributed by atoms with E-state index in [2.05, 4.69) is 5.92 Å². The van der Waals surface area contributed by atoms with Crippen LogP contribution in [0.3, 0.4) is 0 Å². The average Bonchev–Trinajstić information content (AvgIpc) is 2.44. The van der Waals surface area contributed by atoms with Crippen LogP contribution in [0.15, 0.2) is 0 Å². The normalized spacial score (nSPS) is 21.4. The zero-order chi connectivity index (χ0) is 6.20. The number of nitrogens with two attached hydrogens (primary N) is 1. The molecule has 0 aromatic carbocycles. The lowest BCUT2D eigenvalue weighted by Gasteiger charge is -1.96. The van der Waals surface area contributed by atoms with E-state index in [0.717, 1.165) is 12.8 Å². The fourth-order valence-electron chi connectivity index (χ4n) is 0.587. The Hall–Kier alpha value is -0.970. The Bertz CT molecular complexity index is 162. The zero-order valence-electron chi connectivity index (χ0n) is 4.48. The number of amides is 1. The zero-order valence-corrected chi connectivity index (χ0v) is 4.48. The number of rotatable bonds is 1. The molecule has 1 fully saturated rings. The molecular formula is C6H7NO. The minimum atomic E-state index is -0.542. The highest BCUT2D eigenvalue weighted by atomic mass is 16.1. The van der Waals surface area contributed by atoms with Gasteiger partial charge in [0.1, 0.15) is 5.41 Å². The quantitative estimate of drug-likeness (QED) is 0.469. The van der Waals surface area contributed by atoms with Crippen molar-refractivity contribution < 1.29 is 4.79 Å². The molecule has 0 radical (unpaired) electrons. The Labute approximate surface area is 48.1 Å². The standard InChI is InChI=1S/C6H7NO/c1-2-6(3-4-6)5(7)8/h1H,3-4H2,(H2,7,8). The first kappa shape index (κ1) is 5.17. The summed E-state index contributed by atoms with van der Waals surface area (Å²) in [4.78, 5) is 10.4. The summed E-state index contributed by atoms with van der Waals surface area (Å²) < 4.78 is 0. The lowest BCUT2D eigenvalue weighted by atomic mass is 10.1. The number of terminal acetylenes is 1. The van der Waals surface area contributed by atoms with Crippen LogP contribution in [0.4, 0.5) is 0 Å². The summed E-state index contributed by atoms with van der Waals surface area (Å²) >= 11 is 0. The summed E-state index contributed by atoms with van der Waals surface area (Å²) in [6, 6.07) is 0. The molecule has 42 valence electrons. The van der Waals surface area contributed by atoms with Gasteiger partial charge in [-0.05, 0) is 12.8 Å². The number of carbonyl (C=O) groups is 1. The van der Waals surface area contributed by atoms with Crippen LogP contribution in [0.2, 0.25) is 0 Å². The molecule has 8 heavy (non-hydrogen) atoms. The first-order valence-electron chi connectivity index (χ1n) is 2.49. The van der Waals surface area contributed by atoms with E-state index in [1.54, 1.807) is 0 Å². The molecule has 0 aromatic heterocycles. The maximum atomic E-state index is 10.4. The highest BCUT2D eigenvalue weighted by Crippen LogP contribution is 2.44. The van der Waals surface area contributed by atoms with Gasteiger partial charge in [-0.1, -0.05) is 5.92 Å². The molecule has 2 N–H and O–H groups in total. The lowest BCUT2D eigenvalue weighted by Crippen LogP contribution is -2.22. The summed E-state index contributed by atoms with van der Waals surface area (Å²) in [6.07, 6.45) is 6.57. The van der Waals surface area contributed by atoms with Crippen molar-refractivity contribution in [2.75, 3.05) is 0 Å². The Balaban J connectivity index is 2.71. The van der Waals surface area contributed by atoms with E-state index >= 15 is 0 Å². The predicted molar refractivity (Wildman–Crippen MR) is 29.7 cm³/mol. The third kappa shape index (κ3) is 0.481. The molecule has 0 unspecified atom stereocenters. The summed E-state index contributed by atoms with van der Waals surface area (Å²) in [5.41, 5.74) is 4.42. The van der Waals surface area contributed by atoms with Crippen LogP contribution in [0.1, 0.15) is 12.8 Å². The van der Waals surface area contributed by atoms with Gasteiger partial charge in [-0.3, -0.25) is 4.79 Å². The van der Waals surface area contributed by atoms with Gasteiger partial charge in [0, 0.05) is 0 Å². The van der Waals surface area contributed by atoms with Crippen molar-refractivity contribution in [3.63, 3.8) is 0 Å². The molecule has 0 bridgehead atoms. The van der Waals surface area contributed by atoms with Crippen molar-refractivity contribution in [2.24, 2.45) is 11.1 Å². The third-order valence-corrected chi connectivity index (χ3v) is 1.50. The van der Waals surface area contributed by atoms with E-state index in [0.29, 0.717) is 0 Å². The van der Waals surface area contributed by atoms with Gasteiger partial charge in [-0.2, -0.15) is 0 Å². The van der Waals surface area contributed by atoms with Crippen LogP contribution in [-0.4, -0.2) is 5.91 Å². The van der Waals surface area contributed by atoms with Gasteiger partial charge in [-0.25, -0.2) is 0 Å². The molecule has 0 heterocycles. The van der Waals surface area contributed by atoms with Gasteiger partial charge in [0.25, 0.3) is 0 Å². The molecule has 0 atom stereocenters. The van der Waals surface area contributed by atoms with E-state index < -0.39 is 5.41 Å². The molecule has 0 spiro atoms. The number of hydrogen-bond donors (Lipinski definition) is 1. The average molecular weight is 109 g/mol. The van der Waals surface area contributed by atoms with Crippen molar-refractivity contribution in [1.82, 2.24) is 0 Å². The second-order valence-electron chi connectivity index (χ2n) is 2.09. The molecule has 1 aliphatic carbocycles. The minimum absolute atomic E-state index is 0.347. The molecule has 1 aliphatic rings. The Morgan fingerprint density at radius 2 is 2.25 bits per heavy atom. The molecule has 0 aromatic rings. The van der Waals surface area contributed by atoms with Gasteiger partial charge < -0.3 is 5.73 Å². The van der Waals surface area contributed by atoms with Crippen molar-refractivity contribution in [3.05, 3.63) is 0 Å². The fraction of sp³-hybridized carbons (Fsp3) is 0.500. The molecule has 0 aliphatic heterocycles. The summed E-state index contributed by atoms with van der Waals surface area (Å²) in [7, 11) is 0. The molecule has 2 heteroatoms. The Kier molecular flexibility index (Phi) is 0.811. The minimum Gasteiger partial charge on any atom is -0.368 e. The van der Waals surface area contributed by atoms with Crippen LogP contribution in [0, 0.1) is 17.8 Å². The van der Waals surface area contributed by atoms with E-state index in [-0.39, 0.29) is 5.91 Å². The fourth-order valence-corrected chi connectivity index (χ4v) is 0.587. The highest BCUT2D eigenvalue weighted by Gasteiger charge is 2.46. The van der Waals surface area contributed by atoms with Gasteiger partial charge in [0.15, 0.2) is 0 Å². The first-order chi connectivity index (χ1) is 3.71. The second kappa shape index (κ2) is 1.25. The van der Waals surface area contributed by atoms with Crippen LogP contribution in [-0.2, 0) is 4.79 Å². The molecule has 1 saturated carbocycles. The monoisotopic (exact) mass is 109 g/mol. The van der Waals surface area contributed by atoms with Gasteiger partial charge in [0.2, 0.25) is 5.91 Å². The van der Waals surface area contributed by atoms with E-state index in [9.17, 15) is 4.79 Å². The summed E-state index contributed by atoms with van der Waals surface area (Å²) in [6.45, 7) is 0. The third-order valence-electron chi connectivity index (χ3n) is 1.50. The van der Waals surface area contributed by atoms with E-state index in [1.807, 2.05) is 0 Å². The smallest absolute Gasteiger partial charge is 0.235 e. The topological polar surface area (TPSA) is 43.1 Å². The highest BCUT2D eigenvalue weighted by molar-refractivity contribution is 5.86. The lowest BCUT2D eigenvalue weighted by molar-refractivity contribution is -0.121. The van der Waals surface area contributed by atoms with Crippen molar-refractivity contribution in [2.45, 2.75) is 12.8 Å². The maximum absolute atomic E-state index is 10.4. The van der Waals surface area contributed by atoms with Gasteiger partial charge >= 0.3 is 0 Å². The Morgan fingerprint density at radius 1 is 1.75 bits per heavy atom. The largest absolute Gasteiger partial charge is 0.368 e. The van der Waals surface area contributed by atoms with Crippen molar-refractivity contribution in [1.29, 1.82) is 0 Å². The van der Waals surface area contributed by atoms with Crippen molar-refractivity contribution >= 4 is 5.91 Å². The van der Waals surface area contributed by atoms with Crippen molar-refractivity contribution in [3.8, 4) is 12.3 Å². The molecule has 0 saturated heterocycles. The maximum Gasteiger partial charge on any atom is 0.235 e. The SMILES string of the molecule is C#CC1(C(N)=O)CC1. The van der Waals surface area contributed by atoms with Crippen LogP contribution < -0.4 is 5.73 Å². The summed E-state index contributed by atoms with van der Waals surface area (Å²) in [5, 5.41) is 0. The molecule has 1 amide bonds. The first-order valence-corrected chi connectivity index (χ1v) is 2.49.